The number of rotatable bonds is 11. The molecular formula is C29H33NO6. The van der Waals surface area contributed by atoms with Crippen molar-refractivity contribution in [3.05, 3.63) is 108 Å². The molecule has 1 aliphatic rings. The summed E-state index contributed by atoms with van der Waals surface area (Å²) >= 11 is 0. The van der Waals surface area contributed by atoms with Gasteiger partial charge in [0.05, 0.1) is 26.4 Å². The van der Waals surface area contributed by atoms with E-state index in [0.717, 1.165) is 16.7 Å². The van der Waals surface area contributed by atoms with E-state index in [4.69, 9.17) is 18.9 Å². The van der Waals surface area contributed by atoms with Crippen LogP contribution in [0.2, 0.25) is 0 Å². The Morgan fingerprint density at radius 2 is 1.25 bits per heavy atom. The Kier molecular flexibility index (Phi) is 9.61. The largest absolute Gasteiger partial charge is 0.374 e. The molecule has 3 aromatic rings. The van der Waals surface area contributed by atoms with Crippen LogP contribution in [0.4, 0.5) is 0 Å². The van der Waals surface area contributed by atoms with Crippen LogP contribution in [-0.2, 0) is 43.6 Å². The number of carbonyl (C=O) groups is 1. The molecule has 1 fully saturated rings. The Morgan fingerprint density at radius 3 is 1.75 bits per heavy atom. The second-order valence-electron chi connectivity index (χ2n) is 8.81. The number of ether oxygens (including phenoxy) is 4. The monoisotopic (exact) mass is 491 g/mol. The quantitative estimate of drug-likeness (QED) is 0.426. The van der Waals surface area contributed by atoms with Gasteiger partial charge in [-0.1, -0.05) is 91.0 Å². The number of hydrogen-bond acceptors (Lipinski definition) is 6. The van der Waals surface area contributed by atoms with Gasteiger partial charge in [0.2, 0.25) is 5.91 Å². The highest BCUT2D eigenvalue weighted by Crippen LogP contribution is 2.27. The maximum atomic E-state index is 12.0. The Bertz CT molecular complexity index is 1050. The fourth-order valence-electron chi connectivity index (χ4n) is 4.24. The van der Waals surface area contributed by atoms with Crippen molar-refractivity contribution in [2.45, 2.75) is 57.4 Å². The number of amides is 1. The summed E-state index contributed by atoms with van der Waals surface area (Å²) < 4.78 is 24.6. The molecule has 4 rings (SSSR count). The van der Waals surface area contributed by atoms with Gasteiger partial charge in [0.1, 0.15) is 24.4 Å². The van der Waals surface area contributed by atoms with Crippen molar-refractivity contribution in [1.82, 2.24) is 5.32 Å². The molecular weight excluding hydrogens is 458 g/mol. The van der Waals surface area contributed by atoms with Gasteiger partial charge in [-0.25, -0.2) is 0 Å². The van der Waals surface area contributed by atoms with Crippen LogP contribution in [-0.4, -0.2) is 48.3 Å². The smallest absolute Gasteiger partial charge is 0.217 e. The van der Waals surface area contributed by atoms with Gasteiger partial charge in [-0.2, -0.15) is 0 Å². The zero-order chi connectivity index (χ0) is 25.2. The van der Waals surface area contributed by atoms with Crippen molar-refractivity contribution in [3.63, 3.8) is 0 Å². The lowest BCUT2D eigenvalue weighted by atomic mass is 9.96. The van der Waals surface area contributed by atoms with Crippen molar-refractivity contribution >= 4 is 5.91 Å². The fraction of sp³-hybridized carbons (Fsp3) is 0.345. The van der Waals surface area contributed by atoms with Crippen LogP contribution >= 0.6 is 0 Å². The molecule has 1 aliphatic heterocycles. The predicted octanol–water partition coefficient (Wildman–Crippen LogP) is 3.60. The normalized spacial score (nSPS) is 23.8. The SMILES string of the molecule is CC(=O)N[C@H]1[C@@H](OCc2ccccc2)[C@@H](OCc2ccccc2)[C@@H](COCc2ccccc2)O[C@@H]1O. The minimum atomic E-state index is -1.28. The van der Waals surface area contributed by atoms with E-state index in [-0.39, 0.29) is 19.1 Å². The van der Waals surface area contributed by atoms with E-state index >= 15 is 0 Å². The highest BCUT2D eigenvalue weighted by molar-refractivity contribution is 5.73. The van der Waals surface area contributed by atoms with Gasteiger partial charge in [-0.15, -0.1) is 0 Å². The van der Waals surface area contributed by atoms with E-state index in [1.165, 1.54) is 6.92 Å². The molecule has 5 atom stereocenters. The first-order valence-electron chi connectivity index (χ1n) is 12.1. The van der Waals surface area contributed by atoms with Gasteiger partial charge in [0.25, 0.3) is 0 Å². The maximum absolute atomic E-state index is 12.0. The number of aliphatic hydroxyl groups excluding tert-OH is 1. The summed E-state index contributed by atoms with van der Waals surface area (Å²) in [7, 11) is 0. The van der Waals surface area contributed by atoms with Crippen molar-refractivity contribution in [1.29, 1.82) is 0 Å². The van der Waals surface area contributed by atoms with E-state index in [1.807, 2.05) is 91.0 Å². The molecule has 0 unspecified atom stereocenters. The Morgan fingerprint density at radius 1 is 0.778 bits per heavy atom. The van der Waals surface area contributed by atoms with Crippen LogP contribution in [0.1, 0.15) is 23.6 Å². The van der Waals surface area contributed by atoms with E-state index in [0.29, 0.717) is 13.2 Å². The fourth-order valence-corrected chi connectivity index (χ4v) is 4.24. The van der Waals surface area contributed by atoms with E-state index in [1.54, 1.807) is 0 Å². The van der Waals surface area contributed by atoms with Gasteiger partial charge < -0.3 is 29.4 Å². The standard InChI is InChI=1S/C29H33NO6/c1-21(31)30-26-28(35-19-24-15-9-4-10-16-24)27(34-18-23-13-7-3-8-14-23)25(36-29(26)32)20-33-17-22-11-5-2-6-12-22/h2-16,25-29,32H,17-20H2,1H3,(H,30,31)/t25-,26+,27+,28-,29+/m1/s1. The third kappa shape index (κ3) is 7.46. The average Bonchev–Trinajstić information content (AvgIpc) is 2.90. The first-order chi connectivity index (χ1) is 17.6. The molecule has 1 amide bonds. The molecule has 7 heteroatoms. The summed E-state index contributed by atoms with van der Waals surface area (Å²) in [5.41, 5.74) is 2.99. The van der Waals surface area contributed by atoms with Crippen LogP contribution in [0.3, 0.4) is 0 Å². The van der Waals surface area contributed by atoms with Gasteiger partial charge in [0.15, 0.2) is 6.29 Å². The van der Waals surface area contributed by atoms with Crippen molar-refractivity contribution in [2.75, 3.05) is 6.61 Å². The zero-order valence-corrected chi connectivity index (χ0v) is 20.4. The lowest BCUT2D eigenvalue weighted by molar-refractivity contribution is -0.277. The Hall–Kier alpha value is -3.07. The molecule has 1 saturated heterocycles. The Balaban J connectivity index is 1.53. The van der Waals surface area contributed by atoms with Crippen LogP contribution in [0.25, 0.3) is 0 Å². The zero-order valence-electron chi connectivity index (χ0n) is 20.4. The topological polar surface area (TPSA) is 86.3 Å². The number of hydrogen-bond donors (Lipinski definition) is 2. The first-order valence-corrected chi connectivity index (χ1v) is 12.1. The third-order valence-corrected chi connectivity index (χ3v) is 6.00. The molecule has 2 N–H and O–H groups in total. The molecule has 7 nitrogen and oxygen atoms in total. The lowest BCUT2D eigenvalue weighted by Gasteiger charge is -2.44. The molecule has 0 aliphatic carbocycles. The predicted molar refractivity (Wildman–Crippen MR) is 135 cm³/mol. The van der Waals surface area contributed by atoms with Crippen LogP contribution in [0, 0.1) is 0 Å². The second kappa shape index (κ2) is 13.3. The van der Waals surface area contributed by atoms with Crippen LogP contribution in [0.15, 0.2) is 91.0 Å². The van der Waals surface area contributed by atoms with Gasteiger partial charge in [-0.05, 0) is 16.7 Å². The summed E-state index contributed by atoms with van der Waals surface area (Å²) in [5, 5.41) is 13.6. The molecule has 0 spiro atoms. The molecule has 0 aromatic heterocycles. The molecule has 0 bridgehead atoms. The summed E-state index contributed by atoms with van der Waals surface area (Å²) in [6, 6.07) is 28.6. The summed E-state index contributed by atoms with van der Waals surface area (Å²) in [6.07, 6.45) is -3.17. The molecule has 0 saturated carbocycles. The highest BCUT2D eigenvalue weighted by Gasteiger charge is 2.47. The van der Waals surface area contributed by atoms with Crippen molar-refractivity contribution in [2.24, 2.45) is 0 Å². The minimum Gasteiger partial charge on any atom is -0.374 e. The molecule has 3 aromatic carbocycles. The van der Waals surface area contributed by atoms with Crippen molar-refractivity contribution < 1.29 is 28.8 Å². The summed E-state index contributed by atoms with van der Waals surface area (Å²) in [4.78, 5) is 12.0. The highest BCUT2D eigenvalue weighted by atomic mass is 16.7. The lowest BCUT2D eigenvalue weighted by Crippen LogP contribution is -2.65. The van der Waals surface area contributed by atoms with Crippen LogP contribution < -0.4 is 5.32 Å². The molecule has 190 valence electrons. The summed E-state index contributed by atoms with van der Waals surface area (Å²) in [6.45, 7) is 2.58. The molecule has 36 heavy (non-hydrogen) atoms. The maximum Gasteiger partial charge on any atom is 0.217 e. The van der Waals surface area contributed by atoms with Crippen LogP contribution in [0.5, 0.6) is 0 Å². The van der Waals surface area contributed by atoms with E-state index in [9.17, 15) is 9.90 Å². The third-order valence-electron chi connectivity index (χ3n) is 6.00. The van der Waals surface area contributed by atoms with Gasteiger partial charge >= 0.3 is 0 Å². The van der Waals surface area contributed by atoms with E-state index in [2.05, 4.69) is 5.32 Å². The minimum absolute atomic E-state index is 0.184. The number of carbonyl (C=O) groups excluding carboxylic acids is 1. The average molecular weight is 492 g/mol. The second-order valence-corrected chi connectivity index (χ2v) is 8.81. The molecule has 0 radical (unpaired) electrons. The number of aliphatic hydroxyl groups is 1. The number of benzene rings is 3. The van der Waals surface area contributed by atoms with E-state index < -0.39 is 30.6 Å². The van der Waals surface area contributed by atoms with Gasteiger partial charge in [0, 0.05) is 6.92 Å². The summed E-state index contributed by atoms with van der Waals surface area (Å²) in [5.74, 6) is -0.295. The Labute approximate surface area is 212 Å². The van der Waals surface area contributed by atoms with Crippen molar-refractivity contribution in [3.8, 4) is 0 Å². The molecule has 1 heterocycles. The first kappa shape index (κ1) is 26.0. The number of nitrogens with one attached hydrogen (secondary N) is 1. The van der Waals surface area contributed by atoms with Gasteiger partial charge in [-0.3, -0.25) is 4.79 Å².